The number of benzene rings is 2. The first-order valence-corrected chi connectivity index (χ1v) is 6.04. The van der Waals surface area contributed by atoms with Crippen LogP contribution < -0.4 is 0 Å². The SMILES string of the molecule is Cc1cc(C)c(-c2cc(Cl)c(F)cc2O)c(C)c1. The van der Waals surface area contributed by atoms with E-state index in [-0.39, 0.29) is 10.8 Å². The first-order chi connectivity index (χ1) is 8.40. The van der Waals surface area contributed by atoms with Gasteiger partial charge in [-0.1, -0.05) is 29.3 Å². The summed E-state index contributed by atoms with van der Waals surface area (Å²) in [4.78, 5) is 0. The summed E-state index contributed by atoms with van der Waals surface area (Å²) in [7, 11) is 0. The topological polar surface area (TPSA) is 20.2 Å². The Kier molecular flexibility index (Phi) is 3.31. The molecule has 2 aromatic rings. The first-order valence-electron chi connectivity index (χ1n) is 5.66. The second-order valence-electron chi connectivity index (χ2n) is 4.56. The Labute approximate surface area is 111 Å². The van der Waals surface area contributed by atoms with Crippen LogP contribution in [0.2, 0.25) is 5.02 Å². The predicted molar refractivity (Wildman–Crippen MR) is 72.7 cm³/mol. The van der Waals surface area contributed by atoms with E-state index < -0.39 is 5.82 Å². The monoisotopic (exact) mass is 264 g/mol. The van der Waals surface area contributed by atoms with Crippen molar-refractivity contribution in [1.29, 1.82) is 0 Å². The van der Waals surface area contributed by atoms with Crippen molar-refractivity contribution in [2.75, 3.05) is 0 Å². The molecule has 94 valence electrons. The van der Waals surface area contributed by atoms with E-state index in [0.717, 1.165) is 28.3 Å². The van der Waals surface area contributed by atoms with Gasteiger partial charge in [-0.2, -0.15) is 0 Å². The molecule has 0 unspecified atom stereocenters. The van der Waals surface area contributed by atoms with Crippen molar-refractivity contribution in [2.24, 2.45) is 0 Å². The summed E-state index contributed by atoms with van der Waals surface area (Å²) in [6.45, 7) is 5.94. The lowest BCUT2D eigenvalue weighted by molar-refractivity contribution is 0.471. The molecular formula is C15H14ClFO. The molecule has 0 aliphatic carbocycles. The van der Waals surface area contributed by atoms with Gasteiger partial charge in [-0.15, -0.1) is 0 Å². The number of aromatic hydroxyl groups is 1. The number of rotatable bonds is 1. The van der Waals surface area contributed by atoms with Crippen molar-refractivity contribution in [1.82, 2.24) is 0 Å². The maximum atomic E-state index is 13.2. The number of aryl methyl sites for hydroxylation is 3. The third kappa shape index (κ3) is 2.21. The van der Waals surface area contributed by atoms with Gasteiger partial charge < -0.3 is 5.11 Å². The molecule has 0 heterocycles. The fourth-order valence-corrected chi connectivity index (χ4v) is 2.51. The molecule has 0 aromatic heterocycles. The highest BCUT2D eigenvalue weighted by Gasteiger charge is 2.14. The average Bonchev–Trinajstić information content (AvgIpc) is 2.24. The smallest absolute Gasteiger partial charge is 0.145 e. The summed E-state index contributed by atoms with van der Waals surface area (Å²) in [6.07, 6.45) is 0. The van der Waals surface area contributed by atoms with E-state index in [1.807, 2.05) is 32.9 Å². The molecule has 0 fully saturated rings. The number of hydrogen-bond donors (Lipinski definition) is 1. The molecule has 0 bridgehead atoms. The van der Waals surface area contributed by atoms with Gasteiger partial charge in [0.15, 0.2) is 0 Å². The van der Waals surface area contributed by atoms with Crippen LogP contribution in [0.1, 0.15) is 16.7 Å². The minimum Gasteiger partial charge on any atom is -0.507 e. The molecule has 0 atom stereocenters. The van der Waals surface area contributed by atoms with Crippen LogP contribution in [0.15, 0.2) is 24.3 Å². The van der Waals surface area contributed by atoms with Crippen LogP contribution in [-0.4, -0.2) is 5.11 Å². The minimum atomic E-state index is -0.611. The molecule has 0 amide bonds. The fraction of sp³-hybridized carbons (Fsp3) is 0.200. The Hall–Kier alpha value is -1.54. The van der Waals surface area contributed by atoms with Crippen LogP contribution >= 0.6 is 11.6 Å². The van der Waals surface area contributed by atoms with Crippen molar-refractivity contribution in [3.63, 3.8) is 0 Å². The maximum absolute atomic E-state index is 13.2. The Balaban J connectivity index is 2.73. The Morgan fingerprint density at radius 2 is 1.56 bits per heavy atom. The zero-order valence-corrected chi connectivity index (χ0v) is 11.3. The maximum Gasteiger partial charge on any atom is 0.145 e. The summed E-state index contributed by atoms with van der Waals surface area (Å²) in [5.41, 5.74) is 4.69. The predicted octanol–water partition coefficient (Wildman–Crippen LogP) is 4.78. The zero-order chi connectivity index (χ0) is 13.4. The molecule has 1 N–H and O–H groups in total. The molecule has 1 nitrogen and oxygen atoms in total. The van der Waals surface area contributed by atoms with Crippen LogP contribution in [0.5, 0.6) is 5.75 Å². The van der Waals surface area contributed by atoms with E-state index in [2.05, 4.69) is 0 Å². The Bertz CT molecular complexity index is 597. The summed E-state index contributed by atoms with van der Waals surface area (Å²) in [6, 6.07) is 6.57. The van der Waals surface area contributed by atoms with Gasteiger partial charge in [-0.05, 0) is 43.5 Å². The van der Waals surface area contributed by atoms with Crippen LogP contribution in [0.4, 0.5) is 4.39 Å². The van der Waals surface area contributed by atoms with E-state index in [1.54, 1.807) is 0 Å². The lowest BCUT2D eigenvalue weighted by atomic mass is 9.93. The second-order valence-corrected chi connectivity index (χ2v) is 4.96. The van der Waals surface area contributed by atoms with E-state index >= 15 is 0 Å². The third-order valence-electron chi connectivity index (χ3n) is 2.98. The lowest BCUT2D eigenvalue weighted by Crippen LogP contribution is -1.91. The van der Waals surface area contributed by atoms with Gasteiger partial charge in [0.25, 0.3) is 0 Å². The van der Waals surface area contributed by atoms with E-state index in [0.29, 0.717) is 5.56 Å². The normalized spacial score (nSPS) is 10.7. The van der Waals surface area contributed by atoms with Gasteiger partial charge in [0.2, 0.25) is 0 Å². The standard InChI is InChI=1S/C15H14ClFO/c1-8-4-9(2)15(10(3)5-8)11-6-12(16)13(17)7-14(11)18/h4-7,18H,1-3H3. The van der Waals surface area contributed by atoms with Gasteiger partial charge in [0, 0.05) is 11.6 Å². The molecule has 0 aliphatic heterocycles. The second kappa shape index (κ2) is 4.62. The van der Waals surface area contributed by atoms with Crippen LogP contribution in [0, 0.1) is 26.6 Å². The summed E-state index contributed by atoms with van der Waals surface area (Å²) in [5, 5.41) is 9.90. The van der Waals surface area contributed by atoms with Crippen molar-refractivity contribution < 1.29 is 9.50 Å². The fourth-order valence-electron chi connectivity index (χ4n) is 2.34. The largest absolute Gasteiger partial charge is 0.507 e. The molecule has 0 spiro atoms. The molecule has 2 rings (SSSR count). The molecule has 3 heteroatoms. The van der Waals surface area contributed by atoms with Crippen molar-refractivity contribution in [3.05, 3.63) is 51.8 Å². The molecule has 18 heavy (non-hydrogen) atoms. The van der Waals surface area contributed by atoms with E-state index in [9.17, 15) is 9.50 Å². The molecule has 0 saturated heterocycles. The number of hydrogen-bond acceptors (Lipinski definition) is 1. The van der Waals surface area contributed by atoms with Crippen LogP contribution in [-0.2, 0) is 0 Å². The minimum absolute atomic E-state index is 0.0159. The average molecular weight is 265 g/mol. The van der Waals surface area contributed by atoms with Gasteiger partial charge >= 0.3 is 0 Å². The lowest BCUT2D eigenvalue weighted by Gasteiger charge is -2.13. The van der Waals surface area contributed by atoms with Crippen LogP contribution in [0.25, 0.3) is 11.1 Å². The number of phenols is 1. The molecular weight excluding hydrogens is 251 g/mol. The van der Waals surface area contributed by atoms with Crippen molar-refractivity contribution in [3.8, 4) is 16.9 Å². The Morgan fingerprint density at radius 3 is 2.11 bits per heavy atom. The quantitative estimate of drug-likeness (QED) is 0.786. The highest BCUT2D eigenvalue weighted by atomic mass is 35.5. The van der Waals surface area contributed by atoms with Gasteiger partial charge in [0.1, 0.15) is 11.6 Å². The zero-order valence-electron chi connectivity index (χ0n) is 10.5. The molecule has 0 saturated carbocycles. The summed E-state index contributed by atoms with van der Waals surface area (Å²) < 4.78 is 13.2. The van der Waals surface area contributed by atoms with Crippen molar-refractivity contribution >= 4 is 11.6 Å². The Morgan fingerprint density at radius 1 is 1.00 bits per heavy atom. The van der Waals surface area contributed by atoms with E-state index in [4.69, 9.17) is 11.6 Å². The third-order valence-corrected chi connectivity index (χ3v) is 3.27. The molecule has 2 aromatic carbocycles. The number of phenolic OH excluding ortho intramolecular Hbond substituents is 1. The highest BCUT2D eigenvalue weighted by Crippen LogP contribution is 2.37. The van der Waals surface area contributed by atoms with Crippen molar-refractivity contribution in [2.45, 2.75) is 20.8 Å². The molecule has 0 radical (unpaired) electrons. The van der Waals surface area contributed by atoms with Gasteiger partial charge in [-0.25, -0.2) is 4.39 Å². The summed E-state index contributed by atoms with van der Waals surface area (Å²) >= 11 is 5.79. The van der Waals surface area contributed by atoms with E-state index in [1.165, 1.54) is 6.07 Å². The molecule has 0 aliphatic rings. The first kappa shape index (κ1) is 12.9. The number of halogens is 2. The van der Waals surface area contributed by atoms with Gasteiger partial charge in [-0.3, -0.25) is 0 Å². The summed E-state index contributed by atoms with van der Waals surface area (Å²) in [5.74, 6) is -0.702. The van der Waals surface area contributed by atoms with Gasteiger partial charge in [0.05, 0.1) is 5.02 Å². The van der Waals surface area contributed by atoms with Crippen LogP contribution in [0.3, 0.4) is 0 Å². The highest BCUT2D eigenvalue weighted by molar-refractivity contribution is 6.31.